The summed E-state index contributed by atoms with van der Waals surface area (Å²) in [5.41, 5.74) is 3.82. The second kappa shape index (κ2) is 10.4. The van der Waals surface area contributed by atoms with Gasteiger partial charge in [0.25, 0.3) is 5.91 Å². The van der Waals surface area contributed by atoms with Crippen molar-refractivity contribution in [3.63, 3.8) is 0 Å². The zero-order valence-corrected chi connectivity index (χ0v) is 18.4. The first kappa shape index (κ1) is 22.0. The number of rotatable bonds is 9. The van der Waals surface area contributed by atoms with Crippen LogP contribution in [-0.4, -0.2) is 31.7 Å². The normalized spacial score (nSPS) is 10.5. The Bertz CT molecular complexity index is 1220. The van der Waals surface area contributed by atoms with Gasteiger partial charge in [-0.05, 0) is 42.0 Å². The predicted octanol–water partition coefficient (Wildman–Crippen LogP) is 5.23. The molecule has 2 aromatic heterocycles. The minimum atomic E-state index is -0.235. The average Bonchev–Trinajstić information content (AvgIpc) is 3.40. The molecule has 0 saturated heterocycles. The lowest BCUT2D eigenvalue weighted by Crippen LogP contribution is -2.10. The molecular weight excluding hydrogens is 420 g/mol. The Morgan fingerprint density at radius 2 is 1.82 bits per heavy atom. The number of carbonyl (C=O) groups excluding carboxylic acids is 1. The third-order valence-electron chi connectivity index (χ3n) is 5.01. The van der Waals surface area contributed by atoms with Crippen molar-refractivity contribution < 1.29 is 23.4 Å². The zero-order chi connectivity index (χ0) is 23.0. The highest BCUT2D eigenvalue weighted by Gasteiger charge is 2.09. The Morgan fingerprint density at radius 1 is 0.970 bits per heavy atom. The average molecular weight is 444 g/mol. The molecule has 0 radical (unpaired) electrons. The van der Waals surface area contributed by atoms with Crippen LogP contribution in [0.15, 0.2) is 83.7 Å². The fourth-order valence-corrected chi connectivity index (χ4v) is 3.32. The van der Waals surface area contributed by atoms with Crippen molar-refractivity contribution in [2.45, 2.75) is 6.42 Å². The summed E-state index contributed by atoms with van der Waals surface area (Å²) >= 11 is 0. The number of amides is 1. The van der Waals surface area contributed by atoms with Gasteiger partial charge in [-0.1, -0.05) is 24.3 Å². The van der Waals surface area contributed by atoms with Crippen LogP contribution in [0.2, 0.25) is 0 Å². The number of nitrogens with zero attached hydrogens (tertiary/aromatic N) is 1. The molecule has 0 spiro atoms. The number of carbonyl (C=O) groups is 1. The summed E-state index contributed by atoms with van der Waals surface area (Å²) in [6.07, 6.45) is 3.57. The number of ether oxygens (including phenoxy) is 3. The van der Waals surface area contributed by atoms with Crippen LogP contribution in [0.5, 0.6) is 17.4 Å². The molecule has 4 aromatic rings. The monoisotopic (exact) mass is 444 g/mol. The molecule has 7 nitrogen and oxygen atoms in total. The molecule has 168 valence electrons. The van der Waals surface area contributed by atoms with E-state index in [1.54, 1.807) is 20.3 Å². The maximum atomic E-state index is 12.3. The number of nitrogens with one attached hydrogen (secondary N) is 1. The topological polar surface area (TPSA) is 82.8 Å². The molecule has 0 aliphatic rings. The molecule has 0 atom stereocenters. The Morgan fingerprint density at radius 3 is 2.61 bits per heavy atom. The Kier molecular flexibility index (Phi) is 6.90. The van der Waals surface area contributed by atoms with Gasteiger partial charge < -0.3 is 23.9 Å². The summed E-state index contributed by atoms with van der Waals surface area (Å²) in [7, 11) is 3.23. The quantitative estimate of drug-likeness (QED) is 0.381. The maximum Gasteiger partial charge on any atom is 0.258 e. The van der Waals surface area contributed by atoms with Crippen LogP contribution in [0, 0.1) is 0 Å². The minimum Gasteiger partial charge on any atom is -0.493 e. The van der Waals surface area contributed by atoms with Crippen molar-refractivity contribution in [1.29, 1.82) is 0 Å². The van der Waals surface area contributed by atoms with Gasteiger partial charge in [0.05, 0.1) is 38.3 Å². The van der Waals surface area contributed by atoms with Gasteiger partial charge in [-0.25, -0.2) is 4.98 Å². The Hall–Kier alpha value is -4.26. The highest BCUT2D eigenvalue weighted by Crippen LogP contribution is 2.28. The first-order valence-electron chi connectivity index (χ1n) is 10.4. The molecule has 7 heteroatoms. The number of hydrogen-bond acceptors (Lipinski definition) is 6. The van der Waals surface area contributed by atoms with Crippen LogP contribution in [0.4, 0.5) is 5.69 Å². The number of hydrogen-bond donors (Lipinski definition) is 1. The summed E-state index contributed by atoms with van der Waals surface area (Å²) < 4.78 is 21.5. The van der Waals surface area contributed by atoms with Crippen LogP contribution in [-0.2, 0) is 6.42 Å². The van der Waals surface area contributed by atoms with Gasteiger partial charge in [-0.15, -0.1) is 0 Å². The van der Waals surface area contributed by atoms with E-state index < -0.39 is 0 Å². The Labute approximate surface area is 191 Å². The lowest BCUT2D eigenvalue weighted by Gasteiger charge is -2.11. The summed E-state index contributed by atoms with van der Waals surface area (Å²) in [4.78, 5) is 16.9. The van der Waals surface area contributed by atoms with Crippen molar-refractivity contribution in [3.8, 4) is 28.6 Å². The predicted molar refractivity (Wildman–Crippen MR) is 125 cm³/mol. The van der Waals surface area contributed by atoms with Gasteiger partial charge in [-0.3, -0.25) is 4.79 Å². The molecule has 2 heterocycles. The molecule has 1 N–H and O–H groups in total. The number of furan rings is 1. The molecule has 0 aliphatic carbocycles. The van der Waals surface area contributed by atoms with E-state index in [0.29, 0.717) is 41.7 Å². The van der Waals surface area contributed by atoms with Crippen molar-refractivity contribution in [3.05, 3.63) is 90.4 Å². The third kappa shape index (κ3) is 5.51. The van der Waals surface area contributed by atoms with Crippen LogP contribution >= 0.6 is 0 Å². The number of methoxy groups -OCH3 is 2. The van der Waals surface area contributed by atoms with E-state index in [4.69, 9.17) is 18.6 Å². The molecule has 1 amide bonds. The fraction of sp³-hybridized carbons (Fsp3) is 0.154. The highest BCUT2D eigenvalue weighted by molar-refractivity contribution is 6.04. The first-order chi connectivity index (χ1) is 16.2. The first-order valence-corrected chi connectivity index (χ1v) is 10.4. The van der Waals surface area contributed by atoms with E-state index in [9.17, 15) is 4.79 Å². The summed E-state index contributed by atoms with van der Waals surface area (Å²) in [5, 5.41) is 2.86. The summed E-state index contributed by atoms with van der Waals surface area (Å²) in [6, 6.07) is 20.5. The minimum absolute atomic E-state index is 0.235. The van der Waals surface area contributed by atoms with Crippen molar-refractivity contribution in [2.75, 3.05) is 26.1 Å². The van der Waals surface area contributed by atoms with E-state index in [0.717, 1.165) is 16.8 Å². The van der Waals surface area contributed by atoms with E-state index in [1.165, 1.54) is 12.5 Å². The summed E-state index contributed by atoms with van der Waals surface area (Å²) in [6.45, 7) is 0.465. The molecule has 33 heavy (non-hydrogen) atoms. The van der Waals surface area contributed by atoms with E-state index >= 15 is 0 Å². The molecule has 0 bridgehead atoms. The number of benzene rings is 2. The van der Waals surface area contributed by atoms with Crippen LogP contribution in [0.1, 0.15) is 15.9 Å². The SMILES string of the molecule is COc1ccc(CCOc2cccc(-c3cccc(NC(=O)c4ccoc4)c3)n2)cc1OC. The van der Waals surface area contributed by atoms with Gasteiger partial charge in [0.1, 0.15) is 6.26 Å². The Balaban J connectivity index is 1.40. The number of pyridine rings is 1. The van der Waals surface area contributed by atoms with Gasteiger partial charge in [0, 0.05) is 23.7 Å². The summed E-state index contributed by atoms with van der Waals surface area (Å²) in [5.74, 6) is 1.68. The van der Waals surface area contributed by atoms with Crippen LogP contribution in [0.3, 0.4) is 0 Å². The number of anilines is 1. The lowest BCUT2D eigenvalue weighted by atomic mass is 10.1. The van der Waals surface area contributed by atoms with Crippen LogP contribution in [0.25, 0.3) is 11.3 Å². The van der Waals surface area contributed by atoms with Crippen molar-refractivity contribution in [1.82, 2.24) is 4.98 Å². The van der Waals surface area contributed by atoms with E-state index in [-0.39, 0.29) is 5.91 Å². The molecule has 4 rings (SSSR count). The largest absolute Gasteiger partial charge is 0.493 e. The van der Waals surface area contributed by atoms with Gasteiger partial charge in [0.2, 0.25) is 5.88 Å². The second-order valence-corrected chi connectivity index (χ2v) is 7.20. The van der Waals surface area contributed by atoms with Crippen molar-refractivity contribution >= 4 is 11.6 Å². The van der Waals surface area contributed by atoms with Gasteiger partial charge in [0.15, 0.2) is 11.5 Å². The smallest absolute Gasteiger partial charge is 0.258 e. The molecule has 0 fully saturated rings. The molecule has 0 saturated carbocycles. The van der Waals surface area contributed by atoms with E-state index in [1.807, 2.05) is 60.7 Å². The van der Waals surface area contributed by atoms with E-state index in [2.05, 4.69) is 10.3 Å². The van der Waals surface area contributed by atoms with Crippen molar-refractivity contribution in [2.24, 2.45) is 0 Å². The van der Waals surface area contributed by atoms with Gasteiger partial charge in [-0.2, -0.15) is 0 Å². The second-order valence-electron chi connectivity index (χ2n) is 7.20. The molecule has 0 aliphatic heterocycles. The van der Waals surface area contributed by atoms with Crippen LogP contribution < -0.4 is 19.5 Å². The molecule has 2 aromatic carbocycles. The third-order valence-corrected chi connectivity index (χ3v) is 5.01. The lowest BCUT2D eigenvalue weighted by molar-refractivity contribution is 0.102. The van der Waals surface area contributed by atoms with Gasteiger partial charge >= 0.3 is 0 Å². The zero-order valence-electron chi connectivity index (χ0n) is 18.4. The highest BCUT2D eigenvalue weighted by atomic mass is 16.5. The molecule has 0 unspecified atom stereocenters. The fourth-order valence-electron chi connectivity index (χ4n) is 3.32. The molecular formula is C26H24N2O5. The number of aromatic nitrogens is 1. The maximum absolute atomic E-state index is 12.3. The standard InChI is InChI=1S/C26H24N2O5/c1-30-23-10-9-18(15-24(23)31-2)11-14-33-25-8-4-7-22(28-25)19-5-3-6-21(16-19)27-26(29)20-12-13-32-17-20/h3-10,12-13,15-17H,11,14H2,1-2H3,(H,27,29).